The highest BCUT2D eigenvalue weighted by atomic mass is 16.5. The normalized spacial score (nSPS) is 10.9. The molecular formula is C11H12O. The van der Waals surface area contributed by atoms with Gasteiger partial charge in [0, 0.05) is 5.56 Å². The van der Waals surface area contributed by atoms with E-state index < -0.39 is 0 Å². The van der Waals surface area contributed by atoms with Crippen molar-refractivity contribution in [1.82, 2.24) is 0 Å². The fourth-order valence-corrected chi connectivity index (χ4v) is 0.992. The van der Waals surface area contributed by atoms with E-state index in [1.807, 2.05) is 36.4 Å². The van der Waals surface area contributed by atoms with Crippen molar-refractivity contribution in [2.24, 2.45) is 0 Å². The van der Waals surface area contributed by atoms with Gasteiger partial charge in [-0.3, -0.25) is 0 Å². The summed E-state index contributed by atoms with van der Waals surface area (Å²) in [6, 6.07) is 9.93. The van der Waals surface area contributed by atoms with E-state index in [2.05, 4.69) is 6.58 Å². The van der Waals surface area contributed by atoms with E-state index >= 15 is 0 Å². The molecule has 62 valence electrons. The van der Waals surface area contributed by atoms with Gasteiger partial charge in [-0.05, 0) is 6.08 Å². The first-order valence-electron chi connectivity index (χ1n) is 3.80. The summed E-state index contributed by atoms with van der Waals surface area (Å²) in [6.45, 7) is 3.62. The monoisotopic (exact) mass is 160 g/mol. The SMILES string of the molecule is C=C/C=C(/OC)c1ccccc1. The molecular weight excluding hydrogens is 148 g/mol. The van der Waals surface area contributed by atoms with Crippen LogP contribution in [0.4, 0.5) is 0 Å². The standard InChI is InChI=1S/C11H12O/c1-3-7-11(12-2)10-8-5-4-6-9-10/h3-9H,1H2,2H3/b11-7+. The lowest BCUT2D eigenvalue weighted by molar-refractivity contribution is 0.370. The lowest BCUT2D eigenvalue weighted by Crippen LogP contribution is -1.85. The Hall–Kier alpha value is -1.50. The van der Waals surface area contributed by atoms with Gasteiger partial charge < -0.3 is 4.74 Å². The van der Waals surface area contributed by atoms with Crippen LogP contribution in [0.25, 0.3) is 5.76 Å². The molecule has 0 aliphatic carbocycles. The molecule has 0 fully saturated rings. The summed E-state index contributed by atoms with van der Waals surface area (Å²) < 4.78 is 5.17. The van der Waals surface area contributed by atoms with E-state index in [0.717, 1.165) is 11.3 Å². The van der Waals surface area contributed by atoms with Gasteiger partial charge in [-0.25, -0.2) is 0 Å². The molecule has 0 aliphatic heterocycles. The van der Waals surface area contributed by atoms with Gasteiger partial charge in [0.1, 0.15) is 5.76 Å². The number of methoxy groups -OCH3 is 1. The average Bonchev–Trinajstić information content (AvgIpc) is 2.15. The van der Waals surface area contributed by atoms with E-state index in [1.165, 1.54) is 0 Å². The summed E-state index contributed by atoms with van der Waals surface area (Å²) in [5, 5.41) is 0. The highest BCUT2D eigenvalue weighted by molar-refractivity contribution is 5.60. The van der Waals surface area contributed by atoms with Gasteiger partial charge in [0.15, 0.2) is 0 Å². The molecule has 0 radical (unpaired) electrons. The molecule has 0 saturated heterocycles. The predicted molar refractivity (Wildman–Crippen MR) is 51.6 cm³/mol. The Morgan fingerprint density at radius 3 is 2.50 bits per heavy atom. The second kappa shape index (κ2) is 4.39. The summed E-state index contributed by atoms with van der Waals surface area (Å²) >= 11 is 0. The highest BCUT2D eigenvalue weighted by Gasteiger charge is 1.96. The first-order valence-corrected chi connectivity index (χ1v) is 3.80. The van der Waals surface area contributed by atoms with Crippen LogP contribution in [0.2, 0.25) is 0 Å². The molecule has 0 atom stereocenters. The van der Waals surface area contributed by atoms with Gasteiger partial charge >= 0.3 is 0 Å². The molecule has 0 saturated carbocycles. The maximum Gasteiger partial charge on any atom is 0.126 e. The van der Waals surface area contributed by atoms with Crippen LogP contribution in [0.1, 0.15) is 5.56 Å². The topological polar surface area (TPSA) is 9.23 Å². The van der Waals surface area contributed by atoms with E-state index in [1.54, 1.807) is 13.2 Å². The summed E-state index contributed by atoms with van der Waals surface area (Å²) in [5.74, 6) is 0.839. The fourth-order valence-electron chi connectivity index (χ4n) is 0.992. The van der Waals surface area contributed by atoms with Gasteiger partial charge in [0.25, 0.3) is 0 Å². The Labute approximate surface area is 73.0 Å². The molecule has 0 aromatic heterocycles. The van der Waals surface area contributed by atoms with Crippen LogP contribution >= 0.6 is 0 Å². The second-order valence-electron chi connectivity index (χ2n) is 2.34. The van der Waals surface area contributed by atoms with Crippen LogP contribution < -0.4 is 0 Å². The second-order valence-corrected chi connectivity index (χ2v) is 2.34. The molecule has 12 heavy (non-hydrogen) atoms. The number of ether oxygens (including phenoxy) is 1. The first-order chi connectivity index (χ1) is 5.88. The predicted octanol–water partition coefficient (Wildman–Crippen LogP) is 2.86. The molecule has 1 aromatic carbocycles. The lowest BCUT2D eigenvalue weighted by Gasteiger charge is -2.03. The van der Waals surface area contributed by atoms with Crippen molar-refractivity contribution in [2.75, 3.05) is 7.11 Å². The number of hydrogen-bond acceptors (Lipinski definition) is 1. The van der Waals surface area contributed by atoms with E-state index in [4.69, 9.17) is 4.74 Å². The average molecular weight is 160 g/mol. The van der Waals surface area contributed by atoms with E-state index in [9.17, 15) is 0 Å². The molecule has 0 spiro atoms. The van der Waals surface area contributed by atoms with Gasteiger partial charge in [0.05, 0.1) is 7.11 Å². The van der Waals surface area contributed by atoms with Gasteiger partial charge in [-0.2, -0.15) is 0 Å². The van der Waals surface area contributed by atoms with Crippen molar-refractivity contribution in [3.63, 3.8) is 0 Å². The molecule has 1 nitrogen and oxygen atoms in total. The highest BCUT2D eigenvalue weighted by Crippen LogP contribution is 2.13. The zero-order chi connectivity index (χ0) is 8.81. The third-order valence-corrected chi connectivity index (χ3v) is 1.55. The van der Waals surface area contributed by atoms with Gasteiger partial charge in [0.2, 0.25) is 0 Å². The van der Waals surface area contributed by atoms with Crippen molar-refractivity contribution >= 4 is 5.76 Å². The van der Waals surface area contributed by atoms with Crippen molar-refractivity contribution in [2.45, 2.75) is 0 Å². The summed E-state index contributed by atoms with van der Waals surface area (Å²) in [6.07, 6.45) is 3.56. The quantitative estimate of drug-likeness (QED) is 0.488. The van der Waals surface area contributed by atoms with Crippen molar-refractivity contribution in [3.8, 4) is 0 Å². The lowest BCUT2D eigenvalue weighted by atomic mass is 10.2. The molecule has 1 rings (SSSR count). The van der Waals surface area contributed by atoms with Crippen molar-refractivity contribution < 1.29 is 4.74 Å². The third kappa shape index (κ3) is 1.99. The molecule has 1 aromatic rings. The number of hydrogen-bond donors (Lipinski definition) is 0. The largest absolute Gasteiger partial charge is 0.496 e. The number of allylic oxidation sites excluding steroid dienone is 2. The first kappa shape index (κ1) is 8.60. The van der Waals surface area contributed by atoms with Crippen LogP contribution in [0.15, 0.2) is 49.1 Å². The van der Waals surface area contributed by atoms with E-state index in [-0.39, 0.29) is 0 Å². The minimum atomic E-state index is 0.839. The Kier molecular flexibility index (Phi) is 3.15. The van der Waals surface area contributed by atoms with Crippen LogP contribution in [0.5, 0.6) is 0 Å². The summed E-state index contributed by atoms with van der Waals surface area (Å²) in [5.41, 5.74) is 1.07. The van der Waals surface area contributed by atoms with Crippen LogP contribution in [0, 0.1) is 0 Å². The van der Waals surface area contributed by atoms with Crippen LogP contribution in [-0.2, 0) is 4.74 Å². The zero-order valence-corrected chi connectivity index (χ0v) is 7.16. The Morgan fingerprint density at radius 1 is 1.33 bits per heavy atom. The molecule has 1 heteroatoms. The number of benzene rings is 1. The third-order valence-electron chi connectivity index (χ3n) is 1.55. The Morgan fingerprint density at radius 2 is 2.00 bits per heavy atom. The van der Waals surface area contributed by atoms with Gasteiger partial charge in [-0.1, -0.05) is 43.0 Å². The van der Waals surface area contributed by atoms with Crippen molar-refractivity contribution in [3.05, 3.63) is 54.6 Å². The minimum absolute atomic E-state index is 0.839. The molecule has 0 amide bonds. The maximum absolute atomic E-state index is 5.17. The van der Waals surface area contributed by atoms with Crippen LogP contribution in [0.3, 0.4) is 0 Å². The summed E-state index contributed by atoms with van der Waals surface area (Å²) in [7, 11) is 1.66. The van der Waals surface area contributed by atoms with Gasteiger partial charge in [-0.15, -0.1) is 0 Å². The van der Waals surface area contributed by atoms with Crippen molar-refractivity contribution in [1.29, 1.82) is 0 Å². The Bertz CT molecular complexity index is 272. The van der Waals surface area contributed by atoms with E-state index in [0.29, 0.717) is 0 Å². The maximum atomic E-state index is 5.17. The summed E-state index contributed by atoms with van der Waals surface area (Å²) in [4.78, 5) is 0. The molecule has 0 unspecified atom stereocenters. The zero-order valence-electron chi connectivity index (χ0n) is 7.16. The smallest absolute Gasteiger partial charge is 0.126 e. The minimum Gasteiger partial charge on any atom is -0.496 e. The Balaban J connectivity index is 2.95. The molecule has 0 bridgehead atoms. The molecule has 0 aliphatic rings. The van der Waals surface area contributed by atoms with Crippen LogP contribution in [-0.4, -0.2) is 7.11 Å². The number of rotatable bonds is 3. The fraction of sp³-hybridized carbons (Fsp3) is 0.0909. The molecule has 0 N–H and O–H groups in total. The molecule has 0 heterocycles.